The molecule has 0 fully saturated rings. The van der Waals surface area contributed by atoms with Gasteiger partial charge >= 0.3 is 5.97 Å². The number of amides is 1. The highest BCUT2D eigenvalue weighted by Gasteiger charge is 2.26. The van der Waals surface area contributed by atoms with Crippen molar-refractivity contribution in [3.05, 3.63) is 58.7 Å². The molecule has 130 valence electrons. The Morgan fingerprint density at radius 1 is 1.16 bits per heavy atom. The summed E-state index contributed by atoms with van der Waals surface area (Å²) in [5.41, 5.74) is 5.04. The zero-order valence-corrected chi connectivity index (χ0v) is 14.9. The molecule has 1 N–H and O–H groups in total. The van der Waals surface area contributed by atoms with Crippen LogP contribution in [0.5, 0.6) is 5.75 Å². The summed E-state index contributed by atoms with van der Waals surface area (Å²) in [5, 5.41) is 2.92. The number of anilines is 1. The summed E-state index contributed by atoms with van der Waals surface area (Å²) in [5.74, 6) is 0.132. The van der Waals surface area contributed by atoms with E-state index in [1.54, 1.807) is 0 Å². The first-order chi connectivity index (χ1) is 11.9. The summed E-state index contributed by atoms with van der Waals surface area (Å²) in [7, 11) is 0. The smallest absolute Gasteiger partial charge is 0.311 e. The summed E-state index contributed by atoms with van der Waals surface area (Å²) >= 11 is 0. The standard InChI is InChI=1S/C21H23NO3/c1-13-10-14(2)20(15(3)11-13)25-19(23)9-8-17-12-16-6-4-5-7-18(16)22-21(17)24/h4-7,10-11,17H,8-9,12H2,1-3H3,(H,22,24). The van der Waals surface area contributed by atoms with Gasteiger partial charge in [-0.2, -0.15) is 0 Å². The van der Waals surface area contributed by atoms with Gasteiger partial charge in [-0.25, -0.2) is 0 Å². The summed E-state index contributed by atoms with van der Waals surface area (Å²) in [6, 6.07) is 11.8. The zero-order valence-electron chi connectivity index (χ0n) is 14.9. The predicted molar refractivity (Wildman–Crippen MR) is 97.8 cm³/mol. The third-order valence-electron chi connectivity index (χ3n) is 4.63. The van der Waals surface area contributed by atoms with Gasteiger partial charge in [0, 0.05) is 18.0 Å². The quantitative estimate of drug-likeness (QED) is 0.675. The third-order valence-corrected chi connectivity index (χ3v) is 4.63. The minimum atomic E-state index is -0.290. The summed E-state index contributed by atoms with van der Waals surface area (Å²) < 4.78 is 5.56. The SMILES string of the molecule is Cc1cc(C)c(OC(=O)CCC2Cc3ccccc3NC2=O)c(C)c1. The van der Waals surface area contributed by atoms with Crippen molar-refractivity contribution < 1.29 is 14.3 Å². The van der Waals surface area contributed by atoms with Crippen LogP contribution in [-0.2, 0) is 16.0 Å². The van der Waals surface area contributed by atoms with Gasteiger partial charge < -0.3 is 10.1 Å². The molecule has 0 bridgehead atoms. The van der Waals surface area contributed by atoms with E-state index >= 15 is 0 Å². The van der Waals surface area contributed by atoms with E-state index in [0.29, 0.717) is 18.6 Å². The zero-order chi connectivity index (χ0) is 18.0. The van der Waals surface area contributed by atoms with Crippen LogP contribution in [-0.4, -0.2) is 11.9 Å². The van der Waals surface area contributed by atoms with Crippen molar-refractivity contribution in [2.75, 3.05) is 5.32 Å². The normalized spacial score (nSPS) is 16.1. The van der Waals surface area contributed by atoms with Gasteiger partial charge in [0.25, 0.3) is 0 Å². The van der Waals surface area contributed by atoms with E-state index in [1.165, 1.54) is 0 Å². The highest BCUT2D eigenvalue weighted by atomic mass is 16.5. The van der Waals surface area contributed by atoms with E-state index in [2.05, 4.69) is 5.32 Å². The van der Waals surface area contributed by atoms with Gasteiger partial charge in [-0.1, -0.05) is 35.9 Å². The molecule has 3 rings (SSSR count). The number of aryl methyl sites for hydroxylation is 3. The van der Waals surface area contributed by atoms with Crippen molar-refractivity contribution in [3.63, 3.8) is 0 Å². The van der Waals surface area contributed by atoms with Gasteiger partial charge in [-0.05, 0) is 56.4 Å². The number of nitrogens with one attached hydrogen (secondary N) is 1. The van der Waals surface area contributed by atoms with E-state index in [1.807, 2.05) is 57.2 Å². The Hall–Kier alpha value is -2.62. The van der Waals surface area contributed by atoms with Crippen LogP contribution in [0.3, 0.4) is 0 Å². The second-order valence-corrected chi connectivity index (χ2v) is 6.79. The Kier molecular flexibility index (Phi) is 4.88. The average molecular weight is 337 g/mol. The molecule has 1 unspecified atom stereocenters. The predicted octanol–water partition coefficient (Wildman–Crippen LogP) is 4.11. The first-order valence-corrected chi connectivity index (χ1v) is 8.61. The Bertz CT molecular complexity index is 803. The van der Waals surface area contributed by atoms with Crippen molar-refractivity contribution in [2.24, 2.45) is 5.92 Å². The van der Waals surface area contributed by atoms with Crippen molar-refractivity contribution in [1.82, 2.24) is 0 Å². The molecule has 1 aliphatic rings. The molecule has 4 nitrogen and oxygen atoms in total. The lowest BCUT2D eigenvalue weighted by molar-refractivity contribution is -0.135. The summed E-state index contributed by atoms with van der Waals surface area (Å²) in [6.45, 7) is 5.90. The number of hydrogen-bond donors (Lipinski definition) is 1. The molecule has 1 heterocycles. The fourth-order valence-electron chi connectivity index (χ4n) is 3.43. The molecule has 2 aromatic rings. The van der Waals surface area contributed by atoms with Crippen LogP contribution < -0.4 is 10.1 Å². The number of rotatable bonds is 4. The summed E-state index contributed by atoms with van der Waals surface area (Å²) in [6.07, 6.45) is 1.38. The van der Waals surface area contributed by atoms with Crippen LogP contribution in [0.1, 0.15) is 35.1 Å². The van der Waals surface area contributed by atoms with Gasteiger partial charge in [0.2, 0.25) is 5.91 Å². The number of para-hydroxylation sites is 1. The molecule has 0 spiro atoms. The number of carbonyl (C=O) groups excluding carboxylic acids is 2. The van der Waals surface area contributed by atoms with Gasteiger partial charge in [0.1, 0.15) is 5.75 Å². The lowest BCUT2D eigenvalue weighted by Crippen LogP contribution is -2.30. The number of esters is 1. The van der Waals surface area contributed by atoms with Crippen LogP contribution in [0, 0.1) is 26.7 Å². The second-order valence-electron chi connectivity index (χ2n) is 6.79. The molecular weight excluding hydrogens is 314 g/mol. The van der Waals surface area contributed by atoms with Crippen molar-refractivity contribution >= 4 is 17.6 Å². The highest BCUT2D eigenvalue weighted by molar-refractivity contribution is 5.95. The lowest BCUT2D eigenvalue weighted by Gasteiger charge is -2.24. The molecule has 1 atom stereocenters. The van der Waals surface area contributed by atoms with Crippen LogP contribution >= 0.6 is 0 Å². The minimum absolute atomic E-state index is 0.0193. The maximum Gasteiger partial charge on any atom is 0.311 e. The number of fused-ring (bicyclic) bond motifs is 1. The third kappa shape index (κ3) is 3.90. The van der Waals surface area contributed by atoms with E-state index in [-0.39, 0.29) is 24.2 Å². The minimum Gasteiger partial charge on any atom is -0.426 e. The molecule has 0 saturated heterocycles. The summed E-state index contributed by atoms with van der Waals surface area (Å²) in [4.78, 5) is 24.5. The van der Waals surface area contributed by atoms with E-state index in [9.17, 15) is 9.59 Å². The fourth-order valence-corrected chi connectivity index (χ4v) is 3.43. The van der Waals surface area contributed by atoms with Gasteiger partial charge in [0.05, 0.1) is 0 Å². The van der Waals surface area contributed by atoms with Crippen LogP contribution in [0.25, 0.3) is 0 Å². The number of ether oxygens (including phenoxy) is 1. The van der Waals surface area contributed by atoms with Gasteiger partial charge in [0.15, 0.2) is 0 Å². The largest absolute Gasteiger partial charge is 0.426 e. The van der Waals surface area contributed by atoms with Crippen LogP contribution in [0.2, 0.25) is 0 Å². The van der Waals surface area contributed by atoms with Crippen molar-refractivity contribution in [3.8, 4) is 5.75 Å². The first kappa shape index (κ1) is 17.2. The average Bonchev–Trinajstić information content (AvgIpc) is 2.56. The number of hydrogen-bond acceptors (Lipinski definition) is 3. The van der Waals surface area contributed by atoms with Crippen molar-refractivity contribution in [1.29, 1.82) is 0 Å². The van der Waals surface area contributed by atoms with E-state index < -0.39 is 0 Å². The van der Waals surface area contributed by atoms with E-state index in [0.717, 1.165) is 27.9 Å². The molecule has 0 saturated carbocycles. The maximum absolute atomic E-state index is 12.2. The molecule has 4 heteroatoms. The highest BCUT2D eigenvalue weighted by Crippen LogP contribution is 2.28. The van der Waals surface area contributed by atoms with Gasteiger partial charge in [-0.15, -0.1) is 0 Å². The maximum atomic E-state index is 12.2. The Morgan fingerprint density at radius 2 is 1.84 bits per heavy atom. The van der Waals surface area contributed by atoms with Crippen molar-refractivity contribution in [2.45, 2.75) is 40.0 Å². The van der Waals surface area contributed by atoms with E-state index in [4.69, 9.17) is 4.74 Å². The monoisotopic (exact) mass is 337 g/mol. The topological polar surface area (TPSA) is 55.4 Å². The molecule has 2 aromatic carbocycles. The second kappa shape index (κ2) is 7.09. The molecule has 1 aliphatic heterocycles. The number of benzene rings is 2. The van der Waals surface area contributed by atoms with Crippen LogP contribution in [0.4, 0.5) is 5.69 Å². The Labute approximate surface area is 148 Å². The van der Waals surface area contributed by atoms with Crippen LogP contribution in [0.15, 0.2) is 36.4 Å². The van der Waals surface area contributed by atoms with Gasteiger partial charge in [-0.3, -0.25) is 9.59 Å². The molecule has 0 aliphatic carbocycles. The molecule has 25 heavy (non-hydrogen) atoms. The Balaban J connectivity index is 1.61. The molecular formula is C21H23NO3. The molecule has 0 aromatic heterocycles. The lowest BCUT2D eigenvalue weighted by atomic mass is 9.90. The number of carbonyl (C=O) groups is 2. The molecule has 0 radical (unpaired) electrons. The fraction of sp³-hybridized carbons (Fsp3) is 0.333. The Morgan fingerprint density at radius 3 is 2.56 bits per heavy atom. The molecule has 1 amide bonds. The first-order valence-electron chi connectivity index (χ1n) is 8.61.